The Morgan fingerprint density at radius 2 is 1.16 bits per heavy atom. The van der Waals surface area contributed by atoms with Crippen LogP contribution in [0.15, 0.2) is 17.1 Å². The molecule has 0 radical (unpaired) electrons. The van der Waals surface area contributed by atoms with Crippen molar-refractivity contribution >= 4 is 12.0 Å². The van der Waals surface area contributed by atoms with Gasteiger partial charge in [0.2, 0.25) is 0 Å². The summed E-state index contributed by atoms with van der Waals surface area (Å²) in [5.74, 6) is -47.6. The molecule has 38 heavy (non-hydrogen) atoms. The Kier molecular flexibility index (Phi) is 8.99. The van der Waals surface area contributed by atoms with Gasteiger partial charge in [-0.25, -0.2) is 4.99 Å². The molecule has 0 bridgehead atoms. The summed E-state index contributed by atoms with van der Waals surface area (Å²) in [7, 11) is 1.63. The highest BCUT2D eigenvalue weighted by molar-refractivity contribution is 5.64. The van der Waals surface area contributed by atoms with Gasteiger partial charge in [0, 0.05) is 13.6 Å². The Morgan fingerprint density at radius 3 is 1.61 bits per heavy atom. The number of halogens is 15. The fraction of sp³-hybridized carbons (Fsp3) is 0.650. The van der Waals surface area contributed by atoms with Gasteiger partial charge in [0.25, 0.3) is 0 Å². The van der Waals surface area contributed by atoms with Gasteiger partial charge < -0.3 is 9.64 Å². The standard InChI is InChI=1S/C20H19F15N2O/c1-5-37(4)9-36-12-6-11(3)13(7-10(12)2)38-8-14(21,22)15(23,24)16(25,26)17(27,28)18(29,30)19(31,32)20(33,34)35/h6-7,9H,5,8H2,1-4H3/b36-9+. The van der Waals surface area contributed by atoms with E-state index in [1.165, 1.54) is 13.3 Å². The number of alkyl halides is 15. The first-order chi connectivity index (χ1) is 16.7. The normalized spacial score (nSPS) is 14.8. The molecule has 0 N–H and O–H groups in total. The lowest BCUT2D eigenvalue weighted by Gasteiger charge is -2.41. The zero-order valence-electron chi connectivity index (χ0n) is 19.6. The molecule has 0 aliphatic rings. The van der Waals surface area contributed by atoms with Crippen LogP contribution in [0.3, 0.4) is 0 Å². The number of ether oxygens (including phenoxy) is 1. The molecule has 0 unspecified atom stereocenters. The monoisotopic (exact) mass is 588 g/mol. The molecule has 0 spiro atoms. The minimum absolute atomic E-state index is 0.130. The molecule has 0 amide bonds. The highest BCUT2D eigenvalue weighted by Gasteiger charge is 2.93. The van der Waals surface area contributed by atoms with Gasteiger partial charge in [-0.3, -0.25) is 0 Å². The van der Waals surface area contributed by atoms with Crippen LogP contribution in [-0.2, 0) is 0 Å². The summed E-state index contributed by atoms with van der Waals surface area (Å²) in [6.07, 6.45) is -6.30. The Bertz CT molecular complexity index is 1020. The van der Waals surface area contributed by atoms with E-state index in [1.807, 2.05) is 0 Å². The summed E-state index contributed by atoms with van der Waals surface area (Å²) in [5.41, 5.74) is 0.216. The smallest absolute Gasteiger partial charge is 0.460 e. The van der Waals surface area contributed by atoms with Gasteiger partial charge in [0.15, 0.2) is 6.61 Å². The molecule has 220 valence electrons. The second-order valence-electron chi connectivity index (χ2n) is 8.08. The number of aryl methyl sites for hydroxylation is 2. The third-order valence-electron chi connectivity index (χ3n) is 5.19. The molecule has 0 atom stereocenters. The summed E-state index contributed by atoms with van der Waals surface area (Å²) in [5, 5.41) is 0. The van der Waals surface area contributed by atoms with Crippen LogP contribution in [0.2, 0.25) is 0 Å². The van der Waals surface area contributed by atoms with Crippen molar-refractivity contribution in [1.82, 2.24) is 4.90 Å². The molecule has 1 rings (SSSR count). The summed E-state index contributed by atoms with van der Waals surface area (Å²) in [6.45, 7) is 1.84. The highest BCUT2D eigenvalue weighted by atomic mass is 19.4. The van der Waals surface area contributed by atoms with Gasteiger partial charge in [-0.15, -0.1) is 0 Å². The van der Waals surface area contributed by atoms with Crippen molar-refractivity contribution in [2.75, 3.05) is 20.2 Å². The largest absolute Gasteiger partial charge is 0.487 e. The van der Waals surface area contributed by atoms with Gasteiger partial charge in [-0.05, 0) is 44.0 Å². The van der Waals surface area contributed by atoms with E-state index in [-0.39, 0.29) is 16.8 Å². The van der Waals surface area contributed by atoms with Gasteiger partial charge in [-0.2, -0.15) is 65.9 Å². The molecule has 3 nitrogen and oxygen atoms in total. The maximum atomic E-state index is 14.0. The molecule has 0 fully saturated rings. The van der Waals surface area contributed by atoms with E-state index in [2.05, 4.69) is 9.73 Å². The Hall–Kier alpha value is -2.56. The summed E-state index contributed by atoms with van der Waals surface area (Å²) < 4.78 is 203. The SMILES string of the molecule is CCN(C)/C=N/c1cc(C)c(OCC(F)(F)C(F)(F)C(F)(F)C(F)(F)C(F)(F)C(F)(F)C(F)(F)F)cc1C. The fourth-order valence-corrected chi connectivity index (χ4v) is 2.57. The zero-order chi connectivity index (χ0) is 30.3. The Labute approximate surface area is 205 Å². The van der Waals surface area contributed by atoms with Crippen molar-refractivity contribution in [2.45, 2.75) is 62.5 Å². The van der Waals surface area contributed by atoms with Crippen LogP contribution in [0.25, 0.3) is 0 Å². The van der Waals surface area contributed by atoms with E-state index < -0.39 is 54.1 Å². The van der Waals surface area contributed by atoms with E-state index >= 15 is 0 Å². The first-order valence-corrected chi connectivity index (χ1v) is 10.0. The van der Waals surface area contributed by atoms with Crippen LogP contribution in [0.4, 0.5) is 71.5 Å². The molecule has 18 heteroatoms. The number of hydrogen-bond donors (Lipinski definition) is 0. The minimum Gasteiger partial charge on any atom is -0.487 e. The molecule has 0 aliphatic carbocycles. The maximum Gasteiger partial charge on any atom is 0.460 e. The van der Waals surface area contributed by atoms with Crippen LogP contribution in [-0.4, -0.2) is 73.1 Å². The molecule has 0 heterocycles. The topological polar surface area (TPSA) is 24.8 Å². The van der Waals surface area contributed by atoms with E-state index in [9.17, 15) is 65.9 Å². The maximum absolute atomic E-state index is 14.0. The van der Waals surface area contributed by atoms with Crippen LogP contribution < -0.4 is 4.74 Å². The van der Waals surface area contributed by atoms with Crippen molar-refractivity contribution in [3.8, 4) is 5.75 Å². The van der Waals surface area contributed by atoms with E-state index in [0.29, 0.717) is 6.54 Å². The van der Waals surface area contributed by atoms with Gasteiger partial charge >= 0.3 is 41.7 Å². The number of hydrogen-bond acceptors (Lipinski definition) is 2. The predicted molar refractivity (Wildman–Crippen MR) is 104 cm³/mol. The van der Waals surface area contributed by atoms with E-state index in [1.54, 1.807) is 18.9 Å². The summed E-state index contributed by atoms with van der Waals surface area (Å²) >= 11 is 0. The number of rotatable bonds is 11. The van der Waals surface area contributed by atoms with E-state index in [0.717, 1.165) is 19.1 Å². The van der Waals surface area contributed by atoms with Crippen LogP contribution in [0, 0.1) is 13.8 Å². The first kappa shape index (κ1) is 33.5. The molecule has 0 saturated heterocycles. The lowest BCUT2D eigenvalue weighted by Crippen LogP contribution is -2.73. The zero-order valence-corrected chi connectivity index (χ0v) is 19.6. The molecule has 1 aromatic rings. The summed E-state index contributed by atoms with van der Waals surface area (Å²) in [4.78, 5) is 5.63. The Balaban J connectivity index is 3.36. The minimum atomic E-state index is -8.33. The molecule has 1 aromatic carbocycles. The number of benzene rings is 1. The van der Waals surface area contributed by atoms with Gasteiger partial charge in [0.1, 0.15) is 5.75 Å². The Morgan fingerprint density at radius 1 is 0.711 bits per heavy atom. The van der Waals surface area contributed by atoms with Gasteiger partial charge in [-0.1, -0.05) is 0 Å². The molecular formula is C20H19F15N2O. The van der Waals surface area contributed by atoms with Crippen molar-refractivity contribution in [2.24, 2.45) is 4.99 Å². The number of aliphatic imine (C=N–C) groups is 1. The average molecular weight is 588 g/mol. The molecule has 0 aromatic heterocycles. The molecule has 0 aliphatic heterocycles. The van der Waals surface area contributed by atoms with Crippen molar-refractivity contribution in [3.05, 3.63) is 23.3 Å². The first-order valence-electron chi connectivity index (χ1n) is 10.0. The number of nitrogens with zero attached hydrogens (tertiary/aromatic N) is 2. The second kappa shape index (κ2) is 10.2. The lowest BCUT2D eigenvalue weighted by molar-refractivity contribution is -0.453. The lowest BCUT2D eigenvalue weighted by atomic mass is 9.91. The van der Waals surface area contributed by atoms with Crippen molar-refractivity contribution in [1.29, 1.82) is 0 Å². The predicted octanol–water partition coefficient (Wildman–Crippen LogP) is 7.67. The summed E-state index contributed by atoms with van der Waals surface area (Å²) in [6, 6.07) is 2.05. The van der Waals surface area contributed by atoms with Crippen molar-refractivity contribution < 1.29 is 70.6 Å². The average Bonchev–Trinajstić information content (AvgIpc) is 2.76. The fourth-order valence-electron chi connectivity index (χ4n) is 2.57. The third-order valence-corrected chi connectivity index (χ3v) is 5.19. The van der Waals surface area contributed by atoms with Crippen LogP contribution in [0.1, 0.15) is 18.1 Å². The van der Waals surface area contributed by atoms with Crippen molar-refractivity contribution in [3.63, 3.8) is 0 Å². The van der Waals surface area contributed by atoms with Crippen LogP contribution >= 0.6 is 0 Å². The molecule has 0 saturated carbocycles. The third kappa shape index (κ3) is 5.44. The van der Waals surface area contributed by atoms with E-state index in [4.69, 9.17) is 0 Å². The van der Waals surface area contributed by atoms with Crippen LogP contribution in [0.5, 0.6) is 5.75 Å². The van der Waals surface area contributed by atoms with Gasteiger partial charge in [0.05, 0.1) is 12.0 Å². The molecular weight excluding hydrogens is 569 g/mol. The quantitative estimate of drug-likeness (QED) is 0.151. The second-order valence-corrected chi connectivity index (χ2v) is 8.08. The highest BCUT2D eigenvalue weighted by Crippen LogP contribution is 2.62.